The van der Waals surface area contributed by atoms with E-state index in [2.05, 4.69) is 16.4 Å². The smallest absolute Gasteiger partial charge is 0.251 e. The molecule has 0 aromatic carbocycles. The molecule has 0 spiro atoms. The molecule has 2 atom stereocenters. The Hall–Kier alpha value is -1.17. The maximum absolute atomic E-state index is 12.3. The van der Waals surface area contributed by atoms with Gasteiger partial charge in [0.2, 0.25) is 0 Å². The number of nitrogens with zero attached hydrogens (tertiary/aromatic N) is 2. The Morgan fingerprint density at radius 1 is 1.35 bits per heavy atom. The van der Waals surface area contributed by atoms with Crippen LogP contribution >= 0.6 is 23.7 Å². The van der Waals surface area contributed by atoms with Crippen LogP contribution in [0.25, 0.3) is 11.3 Å². The molecule has 0 amide bonds. The predicted octanol–water partition coefficient (Wildman–Crippen LogP) is 2.10. The van der Waals surface area contributed by atoms with Crippen LogP contribution in [-0.4, -0.2) is 22.6 Å². The van der Waals surface area contributed by atoms with E-state index < -0.39 is 0 Å². The van der Waals surface area contributed by atoms with Gasteiger partial charge in [-0.05, 0) is 24.9 Å². The van der Waals surface area contributed by atoms with Crippen LogP contribution in [0.3, 0.4) is 0 Å². The Morgan fingerprint density at radius 2 is 2.25 bits per heavy atom. The molecule has 2 bridgehead atoms. The van der Waals surface area contributed by atoms with E-state index in [0.29, 0.717) is 11.8 Å². The van der Waals surface area contributed by atoms with Gasteiger partial charge in [0.05, 0.1) is 11.2 Å². The lowest BCUT2D eigenvalue weighted by Crippen LogP contribution is -2.44. The predicted molar refractivity (Wildman–Crippen MR) is 82.8 cm³/mol. The molecule has 2 aromatic heterocycles. The minimum atomic E-state index is 0. The second-order valence-electron chi connectivity index (χ2n) is 5.45. The van der Waals surface area contributed by atoms with Gasteiger partial charge in [0.1, 0.15) is 0 Å². The molecule has 4 heterocycles. The van der Waals surface area contributed by atoms with E-state index in [-0.39, 0.29) is 18.0 Å². The van der Waals surface area contributed by atoms with Crippen molar-refractivity contribution in [2.45, 2.75) is 18.9 Å². The lowest BCUT2D eigenvalue weighted by atomic mass is 9.84. The van der Waals surface area contributed by atoms with E-state index >= 15 is 0 Å². The van der Waals surface area contributed by atoms with Crippen LogP contribution < -0.4 is 10.9 Å². The summed E-state index contributed by atoms with van der Waals surface area (Å²) in [4.78, 5) is 16.6. The summed E-state index contributed by atoms with van der Waals surface area (Å²) in [6.45, 7) is 2.88. The summed E-state index contributed by atoms with van der Waals surface area (Å²) in [6.07, 6.45) is 1.20. The first kappa shape index (κ1) is 13.8. The average molecular weight is 310 g/mol. The van der Waals surface area contributed by atoms with Gasteiger partial charge in [-0.15, -0.1) is 23.7 Å². The first-order valence-electron chi connectivity index (χ1n) is 6.65. The van der Waals surface area contributed by atoms with E-state index in [1.165, 1.54) is 12.1 Å². The number of rotatable bonds is 1. The van der Waals surface area contributed by atoms with Crippen molar-refractivity contribution >= 4 is 23.7 Å². The highest BCUT2D eigenvalue weighted by Crippen LogP contribution is 2.33. The fraction of sp³-hybridized carbons (Fsp3) is 0.429. The Kier molecular flexibility index (Phi) is 3.67. The van der Waals surface area contributed by atoms with Crippen molar-refractivity contribution < 1.29 is 0 Å². The topological polar surface area (TPSA) is 46.9 Å². The number of pyridine rings is 1. The number of aromatic nitrogens is 2. The number of hydrogen-bond acceptors (Lipinski definition) is 4. The number of fused-ring (bicyclic) bond motifs is 4. The van der Waals surface area contributed by atoms with Crippen LogP contribution in [0.1, 0.15) is 18.0 Å². The molecule has 1 fully saturated rings. The first-order valence-corrected chi connectivity index (χ1v) is 7.59. The zero-order valence-electron chi connectivity index (χ0n) is 10.9. The SMILES string of the molecule is Cl.O=c1cc(-c2cscn2)cc2n1C[C@@H]1CNC[C@H]2C1. The van der Waals surface area contributed by atoms with E-state index in [1.54, 1.807) is 17.4 Å². The van der Waals surface area contributed by atoms with Gasteiger partial charge in [-0.2, -0.15) is 0 Å². The summed E-state index contributed by atoms with van der Waals surface area (Å²) < 4.78 is 1.97. The number of nitrogens with one attached hydrogen (secondary N) is 1. The Balaban J connectivity index is 0.00000121. The molecular formula is C14H16ClN3OS. The first-order chi connectivity index (χ1) is 9.31. The summed E-state index contributed by atoms with van der Waals surface area (Å²) >= 11 is 1.56. The van der Waals surface area contributed by atoms with Crippen LogP contribution in [0.15, 0.2) is 27.8 Å². The normalized spacial score (nSPS) is 23.8. The third-order valence-electron chi connectivity index (χ3n) is 4.19. The van der Waals surface area contributed by atoms with Crippen molar-refractivity contribution in [2.75, 3.05) is 13.1 Å². The monoisotopic (exact) mass is 309 g/mol. The van der Waals surface area contributed by atoms with Crippen LogP contribution in [0.5, 0.6) is 0 Å². The number of thiazole rings is 1. The molecule has 2 aliphatic rings. The van der Waals surface area contributed by atoms with Crippen molar-refractivity contribution in [1.29, 1.82) is 0 Å². The molecule has 2 aliphatic heterocycles. The summed E-state index contributed by atoms with van der Waals surface area (Å²) in [6, 6.07) is 3.89. The summed E-state index contributed by atoms with van der Waals surface area (Å²) in [7, 11) is 0. The standard InChI is InChI=1S/C14H15N3OS.ClH/c18-14-3-10(12-7-19-8-16-12)2-13-11-1-9(4-15-5-11)6-17(13)14;/h2-3,7-9,11,15H,1,4-6H2;1H/t9-,11+;/m0./s1. The Labute approximate surface area is 127 Å². The molecular weight excluding hydrogens is 294 g/mol. The van der Waals surface area contributed by atoms with E-state index in [1.807, 2.05) is 15.5 Å². The number of halogens is 1. The summed E-state index contributed by atoms with van der Waals surface area (Å²) in [5.74, 6) is 1.08. The quantitative estimate of drug-likeness (QED) is 0.877. The van der Waals surface area contributed by atoms with Gasteiger partial charge in [-0.25, -0.2) is 4.98 Å². The van der Waals surface area contributed by atoms with E-state index in [9.17, 15) is 4.79 Å². The number of hydrogen-bond donors (Lipinski definition) is 1. The molecule has 6 heteroatoms. The van der Waals surface area contributed by atoms with Crippen LogP contribution in [-0.2, 0) is 6.54 Å². The Bertz CT molecular complexity index is 668. The third-order valence-corrected chi connectivity index (χ3v) is 4.78. The molecule has 4 rings (SSSR count). The van der Waals surface area contributed by atoms with Gasteiger partial charge in [-0.1, -0.05) is 0 Å². The summed E-state index contributed by atoms with van der Waals surface area (Å²) in [5, 5.41) is 5.47. The fourth-order valence-electron chi connectivity index (χ4n) is 3.31. The minimum absolute atomic E-state index is 0. The minimum Gasteiger partial charge on any atom is -0.316 e. The average Bonchev–Trinajstić information content (AvgIpc) is 2.94. The molecule has 1 N–H and O–H groups in total. The van der Waals surface area contributed by atoms with E-state index in [0.717, 1.165) is 30.9 Å². The van der Waals surface area contributed by atoms with Crippen LogP contribution in [0.4, 0.5) is 0 Å². The molecule has 106 valence electrons. The van der Waals surface area contributed by atoms with Crippen molar-refractivity contribution in [3.8, 4) is 11.3 Å². The maximum atomic E-state index is 12.3. The van der Waals surface area contributed by atoms with Gasteiger partial charge >= 0.3 is 0 Å². The highest BCUT2D eigenvalue weighted by Gasteiger charge is 2.31. The number of piperidine rings is 1. The molecule has 20 heavy (non-hydrogen) atoms. The van der Waals surface area contributed by atoms with Crippen LogP contribution in [0, 0.1) is 5.92 Å². The van der Waals surface area contributed by atoms with Crippen molar-refractivity contribution in [2.24, 2.45) is 5.92 Å². The fourth-order valence-corrected chi connectivity index (χ4v) is 3.87. The van der Waals surface area contributed by atoms with Crippen molar-refractivity contribution in [3.05, 3.63) is 39.1 Å². The zero-order chi connectivity index (χ0) is 12.8. The molecule has 0 unspecified atom stereocenters. The highest BCUT2D eigenvalue weighted by molar-refractivity contribution is 7.07. The zero-order valence-corrected chi connectivity index (χ0v) is 12.5. The van der Waals surface area contributed by atoms with Gasteiger partial charge < -0.3 is 9.88 Å². The Morgan fingerprint density at radius 3 is 3.05 bits per heavy atom. The molecule has 0 saturated carbocycles. The van der Waals surface area contributed by atoms with Crippen molar-refractivity contribution in [3.63, 3.8) is 0 Å². The molecule has 0 aliphatic carbocycles. The van der Waals surface area contributed by atoms with Gasteiger partial charge in [0, 0.05) is 41.7 Å². The van der Waals surface area contributed by atoms with Crippen molar-refractivity contribution in [1.82, 2.24) is 14.9 Å². The lowest BCUT2D eigenvalue weighted by molar-refractivity contribution is 0.257. The van der Waals surface area contributed by atoms with Crippen LogP contribution in [0.2, 0.25) is 0 Å². The third kappa shape index (κ3) is 2.20. The summed E-state index contributed by atoms with van der Waals surface area (Å²) in [5.41, 5.74) is 4.99. The molecule has 0 radical (unpaired) electrons. The molecule has 2 aromatic rings. The van der Waals surface area contributed by atoms with Gasteiger partial charge in [0.15, 0.2) is 0 Å². The maximum Gasteiger partial charge on any atom is 0.251 e. The second kappa shape index (κ2) is 5.31. The largest absolute Gasteiger partial charge is 0.316 e. The lowest BCUT2D eigenvalue weighted by Gasteiger charge is -2.37. The molecule has 4 nitrogen and oxygen atoms in total. The van der Waals surface area contributed by atoms with Gasteiger partial charge in [0.25, 0.3) is 5.56 Å². The van der Waals surface area contributed by atoms with Gasteiger partial charge in [-0.3, -0.25) is 4.79 Å². The molecule has 1 saturated heterocycles. The second-order valence-corrected chi connectivity index (χ2v) is 6.17. The van der Waals surface area contributed by atoms with E-state index in [4.69, 9.17) is 0 Å². The highest BCUT2D eigenvalue weighted by atomic mass is 35.5.